The van der Waals surface area contributed by atoms with Gasteiger partial charge in [-0.3, -0.25) is 9.59 Å². The Hall–Kier alpha value is -1.59. The third-order valence-corrected chi connectivity index (χ3v) is 4.43. The number of hydrogen-bond donors (Lipinski definition) is 3. The summed E-state index contributed by atoms with van der Waals surface area (Å²) < 4.78 is 0. The molecule has 0 spiro atoms. The highest BCUT2D eigenvalue weighted by molar-refractivity contribution is 5.97. The highest BCUT2D eigenvalue weighted by Crippen LogP contribution is 2.16. The van der Waals surface area contributed by atoms with Gasteiger partial charge in [-0.05, 0) is 31.0 Å². The maximum absolute atomic E-state index is 12.2. The predicted molar refractivity (Wildman–Crippen MR) is 104 cm³/mol. The van der Waals surface area contributed by atoms with E-state index in [0.717, 1.165) is 6.54 Å². The van der Waals surface area contributed by atoms with Crippen LogP contribution in [0.1, 0.15) is 62.2 Å². The summed E-state index contributed by atoms with van der Waals surface area (Å²) in [4.78, 5) is 23.6. The molecule has 3 N–H and O–H groups in total. The molecule has 1 saturated carbocycles. The highest BCUT2D eigenvalue weighted by Gasteiger charge is 2.11. The van der Waals surface area contributed by atoms with Gasteiger partial charge in [0.1, 0.15) is 0 Å². The fourth-order valence-electron chi connectivity index (χ4n) is 3.03. The molecule has 6 heteroatoms. The molecule has 0 heterocycles. The Kier molecular flexibility index (Phi) is 10.2. The van der Waals surface area contributed by atoms with Crippen LogP contribution in [0.25, 0.3) is 0 Å². The van der Waals surface area contributed by atoms with Gasteiger partial charge in [-0.25, -0.2) is 0 Å². The van der Waals surface area contributed by atoms with Gasteiger partial charge in [-0.1, -0.05) is 38.7 Å². The number of rotatable bonds is 7. The monoisotopic (exact) mass is 367 g/mol. The molecule has 2 rings (SSSR count). The van der Waals surface area contributed by atoms with Crippen LogP contribution < -0.4 is 16.0 Å². The largest absolute Gasteiger partial charge is 0.351 e. The summed E-state index contributed by atoms with van der Waals surface area (Å²) in [6.07, 6.45) is 8.21. The molecule has 0 aromatic heterocycles. The number of halogens is 1. The third-order valence-electron chi connectivity index (χ3n) is 4.43. The second kappa shape index (κ2) is 11.9. The molecule has 1 aliphatic carbocycles. The number of carbonyl (C=O) groups excluding carboxylic acids is 2. The van der Waals surface area contributed by atoms with Crippen LogP contribution in [0, 0.1) is 0 Å². The Morgan fingerprint density at radius 3 is 2.48 bits per heavy atom. The maximum Gasteiger partial charge on any atom is 0.251 e. The lowest BCUT2D eigenvalue weighted by atomic mass is 10.1. The first-order valence-electron chi connectivity index (χ1n) is 9.10. The van der Waals surface area contributed by atoms with Gasteiger partial charge in [0.05, 0.1) is 0 Å². The molecule has 0 aliphatic heterocycles. The fourth-order valence-corrected chi connectivity index (χ4v) is 3.03. The van der Waals surface area contributed by atoms with Crippen molar-refractivity contribution in [2.45, 2.75) is 57.9 Å². The van der Waals surface area contributed by atoms with Crippen molar-refractivity contribution < 1.29 is 9.59 Å². The van der Waals surface area contributed by atoms with Crippen LogP contribution in [-0.4, -0.2) is 30.9 Å². The first-order chi connectivity index (χ1) is 11.7. The summed E-state index contributed by atoms with van der Waals surface area (Å²) in [5.41, 5.74) is 1.23. The average Bonchev–Trinajstić information content (AvgIpc) is 2.87. The lowest BCUT2D eigenvalue weighted by Crippen LogP contribution is -2.36. The molecular weight excluding hydrogens is 338 g/mol. The molecule has 140 valence electrons. The molecule has 25 heavy (non-hydrogen) atoms. The molecule has 0 saturated heterocycles. The minimum Gasteiger partial charge on any atom is -0.351 e. The van der Waals surface area contributed by atoms with E-state index >= 15 is 0 Å². The highest BCUT2D eigenvalue weighted by atomic mass is 35.5. The van der Waals surface area contributed by atoms with Crippen molar-refractivity contribution in [3.05, 3.63) is 29.8 Å². The summed E-state index contributed by atoms with van der Waals surface area (Å²) >= 11 is 0. The van der Waals surface area contributed by atoms with E-state index in [1.807, 2.05) is 0 Å². The van der Waals surface area contributed by atoms with Gasteiger partial charge in [0, 0.05) is 36.8 Å². The molecule has 2 amide bonds. The van der Waals surface area contributed by atoms with Gasteiger partial charge in [0.15, 0.2) is 0 Å². The van der Waals surface area contributed by atoms with Gasteiger partial charge >= 0.3 is 0 Å². The molecule has 5 nitrogen and oxygen atoms in total. The van der Waals surface area contributed by atoms with E-state index in [2.05, 4.69) is 16.0 Å². The summed E-state index contributed by atoms with van der Waals surface area (Å²) in [7, 11) is 0. The summed E-state index contributed by atoms with van der Waals surface area (Å²) in [6.45, 7) is 3.21. The van der Waals surface area contributed by atoms with Crippen LogP contribution in [-0.2, 0) is 4.79 Å². The quantitative estimate of drug-likeness (QED) is 0.510. The van der Waals surface area contributed by atoms with Crippen LogP contribution in [0.5, 0.6) is 0 Å². The number of nitrogens with one attached hydrogen (secondary N) is 3. The Balaban J connectivity index is 0.00000312. The van der Waals surface area contributed by atoms with Crippen LogP contribution in [0.2, 0.25) is 0 Å². The van der Waals surface area contributed by atoms with Gasteiger partial charge in [0.25, 0.3) is 5.91 Å². The smallest absolute Gasteiger partial charge is 0.251 e. The molecule has 0 atom stereocenters. The van der Waals surface area contributed by atoms with Crippen molar-refractivity contribution in [2.75, 3.05) is 18.4 Å². The molecule has 1 aromatic rings. The lowest BCUT2D eigenvalue weighted by molar-refractivity contribution is -0.115. The van der Waals surface area contributed by atoms with Crippen molar-refractivity contribution in [1.29, 1.82) is 0 Å². The van der Waals surface area contributed by atoms with Gasteiger partial charge < -0.3 is 16.0 Å². The second-order valence-electron chi connectivity index (χ2n) is 6.38. The maximum atomic E-state index is 12.2. The van der Waals surface area contributed by atoms with E-state index in [4.69, 9.17) is 0 Å². The van der Waals surface area contributed by atoms with Crippen LogP contribution in [0.3, 0.4) is 0 Å². The van der Waals surface area contributed by atoms with Crippen LogP contribution in [0.15, 0.2) is 24.3 Å². The van der Waals surface area contributed by atoms with E-state index in [1.54, 1.807) is 31.2 Å². The number of hydrogen-bond acceptors (Lipinski definition) is 3. The predicted octanol–water partition coefficient (Wildman–Crippen LogP) is 3.50. The molecule has 1 aromatic carbocycles. The molecular formula is C19H30ClN3O2. The number of benzene rings is 1. The van der Waals surface area contributed by atoms with E-state index in [0.29, 0.717) is 30.3 Å². The Morgan fingerprint density at radius 2 is 1.80 bits per heavy atom. The van der Waals surface area contributed by atoms with Gasteiger partial charge in [-0.15, -0.1) is 12.4 Å². The summed E-state index contributed by atoms with van der Waals surface area (Å²) in [5, 5.41) is 9.25. The number of amides is 2. The van der Waals surface area contributed by atoms with E-state index in [9.17, 15) is 9.59 Å². The van der Waals surface area contributed by atoms with E-state index in [1.165, 1.54) is 38.5 Å². The average molecular weight is 368 g/mol. The van der Waals surface area contributed by atoms with Crippen molar-refractivity contribution >= 4 is 29.9 Å². The number of carbonyl (C=O) groups is 2. The van der Waals surface area contributed by atoms with Crippen LogP contribution >= 0.6 is 12.4 Å². The van der Waals surface area contributed by atoms with Gasteiger partial charge in [0.2, 0.25) is 5.91 Å². The standard InChI is InChI=1S/C19H29N3O2.ClH/c1-2-18(23)22-17-11-7-8-15(14-17)19(24)21-13-12-20-16-9-5-3-4-6-10-16;/h7-8,11,14,16,20H,2-6,9-10,12-13H2,1H3,(H,21,24)(H,22,23);1H. The Labute approximate surface area is 156 Å². The van der Waals surface area contributed by atoms with Crippen molar-refractivity contribution in [3.63, 3.8) is 0 Å². The zero-order valence-electron chi connectivity index (χ0n) is 15.0. The Bertz CT molecular complexity index is 543. The molecule has 0 unspecified atom stereocenters. The van der Waals surface area contributed by atoms with E-state index < -0.39 is 0 Å². The second-order valence-corrected chi connectivity index (χ2v) is 6.38. The first-order valence-corrected chi connectivity index (χ1v) is 9.10. The van der Waals surface area contributed by atoms with Crippen molar-refractivity contribution in [1.82, 2.24) is 10.6 Å². The van der Waals surface area contributed by atoms with Gasteiger partial charge in [-0.2, -0.15) is 0 Å². The summed E-state index contributed by atoms with van der Waals surface area (Å²) in [6, 6.07) is 7.64. The SMILES string of the molecule is CCC(=O)Nc1cccc(C(=O)NCCNC2CCCCCC2)c1.Cl. The van der Waals surface area contributed by atoms with Crippen molar-refractivity contribution in [3.8, 4) is 0 Å². The first kappa shape index (κ1) is 21.5. The molecule has 0 bridgehead atoms. The molecule has 1 aliphatic rings. The van der Waals surface area contributed by atoms with E-state index in [-0.39, 0.29) is 24.2 Å². The number of anilines is 1. The minimum atomic E-state index is -0.106. The zero-order valence-corrected chi connectivity index (χ0v) is 15.8. The normalized spacial score (nSPS) is 14.9. The van der Waals surface area contributed by atoms with Crippen LogP contribution in [0.4, 0.5) is 5.69 Å². The lowest BCUT2D eigenvalue weighted by Gasteiger charge is -2.16. The molecule has 0 radical (unpaired) electrons. The summed E-state index contributed by atoms with van der Waals surface area (Å²) in [5.74, 6) is -0.162. The fraction of sp³-hybridized carbons (Fsp3) is 0.579. The Morgan fingerprint density at radius 1 is 1.08 bits per heavy atom. The third kappa shape index (κ3) is 7.88. The molecule has 1 fully saturated rings. The zero-order chi connectivity index (χ0) is 17.2. The topological polar surface area (TPSA) is 70.2 Å². The minimum absolute atomic E-state index is 0. The van der Waals surface area contributed by atoms with Crippen molar-refractivity contribution in [2.24, 2.45) is 0 Å².